The lowest BCUT2D eigenvalue weighted by molar-refractivity contribution is 0.198. The highest BCUT2D eigenvalue weighted by Crippen LogP contribution is 2.28. The summed E-state index contributed by atoms with van der Waals surface area (Å²) in [6.45, 7) is 6.24. The lowest BCUT2D eigenvalue weighted by Crippen LogP contribution is -2.28. The monoisotopic (exact) mass is 312 g/mol. The van der Waals surface area contributed by atoms with Crippen LogP contribution < -0.4 is 4.90 Å². The Hall–Kier alpha value is -0.580. The fraction of sp³-hybridized carbons (Fsp3) is 0.571. The van der Waals surface area contributed by atoms with Gasteiger partial charge in [0.25, 0.3) is 0 Å². The molecule has 0 aromatic heterocycles. The van der Waals surface area contributed by atoms with Crippen molar-refractivity contribution < 1.29 is 5.11 Å². The molecular formula is C14H21BrN2O. The fourth-order valence-electron chi connectivity index (χ4n) is 2.36. The summed E-state index contributed by atoms with van der Waals surface area (Å²) >= 11 is 3.55. The number of aliphatic hydroxyl groups excluding tert-OH is 1. The van der Waals surface area contributed by atoms with Crippen molar-refractivity contribution in [2.24, 2.45) is 0 Å². The van der Waals surface area contributed by atoms with Crippen LogP contribution in [0, 0.1) is 0 Å². The summed E-state index contributed by atoms with van der Waals surface area (Å²) in [5.74, 6) is 0. The van der Waals surface area contributed by atoms with E-state index in [1.807, 2.05) is 6.07 Å². The fourth-order valence-corrected chi connectivity index (χ4v) is 3.05. The first-order chi connectivity index (χ1) is 8.58. The van der Waals surface area contributed by atoms with Gasteiger partial charge in [-0.2, -0.15) is 0 Å². The molecule has 1 aliphatic heterocycles. The zero-order valence-electron chi connectivity index (χ0n) is 11.1. The van der Waals surface area contributed by atoms with Crippen molar-refractivity contribution in [1.82, 2.24) is 4.90 Å². The minimum Gasteiger partial charge on any atom is -0.389 e. The standard InChI is InChI=1S/C14H21BrN2O/c1-11(18)13-5-4-12(10-14(13)15)17-7-3-6-16(2)8-9-17/h4-5,10-11,18H,3,6-9H2,1-2H3/t11-/m0/s1. The third-order valence-electron chi connectivity index (χ3n) is 3.52. The normalized spacial score (nSPS) is 19.7. The molecule has 18 heavy (non-hydrogen) atoms. The van der Waals surface area contributed by atoms with Gasteiger partial charge in [-0.1, -0.05) is 22.0 Å². The largest absolute Gasteiger partial charge is 0.389 e. The van der Waals surface area contributed by atoms with E-state index in [0.717, 1.165) is 29.7 Å². The smallest absolute Gasteiger partial charge is 0.0772 e. The maximum absolute atomic E-state index is 9.64. The molecule has 0 saturated carbocycles. The Morgan fingerprint density at radius 3 is 2.67 bits per heavy atom. The Morgan fingerprint density at radius 2 is 2.00 bits per heavy atom. The van der Waals surface area contributed by atoms with E-state index < -0.39 is 6.10 Å². The molecular weight excluding hydrogens is 292 g/mol. The highest BCUT2D eigenvalue weighted by atomic mass is 79.9. The van der Waals surface area contributed by atoms with Crippen molar-refractivity contribution in [2.45, 2.75) is 19.4 Å². The molecule has 0 radical (unpaired) electrons. The van der Waals surface area contributed by atoms with Gasteiger partial charge in [0.15, 0.2) is 0 Å². The molecule has 0 bridgehead atoms. The van der Waals surface area contributed by atoms with Crippen molar-refractivity contribution in [1.29, 1.82) is 0 Å². The van der Waals surface area contributed by atoms with Crippen LogP contribution in [0.3, 0.4) is 0 Å². The van der Waals surface area contributed by atoms with Crippen LogP contribution in [0.25, 0.3) is 0 Å². The van der Waals surface area contributed by atoms with Crippen molar-refractivity contribution in [2.75, 3.05) is 38.1 Å². The quantitative estimate of drug-likeness (QED) is 0.909. The molecule has 0 unspecified atom stereocenters. The Bertz CT molecular complexity index is 409. The molecule has 1 aromatic rings. The van der Waals surface area contributed by atoms with E-state index in [1.165, 1.54) is 18.7 Å². The first-order valence-electron chi connectivity index (χ1n) is 6.49. The number of benzene rings is 1. The first-order valence-corrected chi connectivity index (χ1v) is 7.28. The number of aliphatic hydroxyl groups is 1. The van der Waals surface area contributed by atoms with E-state index >= 15 is 0 Å². The average Bonchev–Trinajstić information content (AvgIpc) is 2.53. The van der Waals surface area contributed by atoms with Crippen LogP contribution in [0.1, 0.15) is 25.0 Å². The Labute approximate surface area is 118 Å². The zero-order chi connectivity index (χ0) is 13.1. The van der Waals surface area contributed by atoms with Gasteiger partial charge in [0.1, 0.15) is 0 Å². The van der Waals surface area contributed by atoms with Crippen LogP contribution >= 0.6 is 15.9 Å². The van der Waals surface area contributed by atoms with E-state index in [1.54, 1.807) is 6.92 Å². The number of hydrogen-bond donors (Lipinski definition) is 1. The van der Waals surface area contributed by atoms with E-state index in [0.29, 0.717) is 0 Å². The van der Waals surface area contributed by atoms with Crippen LogP contribution in [0.2, 0.25) is 0 Å². The maximum Gasteiger partial charge on any atom is 0.0772 e. The van der Waals surface area contributed by atoms with Gasteiger partial charge in [-0.05, 0) is 44.6 Å². The molecule has 1 heterocycles. The molecule has 1 fully saturated rings. The molecule has 0 amide bonds. The van der Waals surface area contributed by atoms with Crippen LogP contribution in [-0.4, -0.2) is 43.2 Å². The Kier molecular flexibility index (Phi) is 4.65. The summed E-state index contributed by atoms with van der Waals surface area (Å²) < 4.78 is 0.993. The van der Waals surface area contributed by atoms with Crippen molar-refractivity contribution in [3.05, 3.63) is 28.2 Å². The average molecular weight is 313 g/mol. The van der Waals surface area contributed by atoms with Crippen molar-refractivity contribution in [3.8, 4) is 0 Å². The molecule has 1 aliphatic rings. The molecule has 100 valence electrons. The number of hydrogen-bond acceptors (Lipinski definition) is 3. The molecule has 1 saturated heterocycles. The highest BCUT2D eigenvalue weighted by molar-refractivity contribution is 9.10. The maximum atomic E-state index is 9.64. The van der Waals surface area contributed by atoms with Gasteiger partial charge in [0.05, 0.1) is 6.10 Å². The minimum atomic E-state index is -0.427. The summed E-state index contributed by atoms with van der Waals surface area (Å²) in [6, 6.07) is 6.24. The summed E-state index contributed by atoms with van der Waals surface area (Å²) in [5, 5.41) is 9.64. The number of halogens is 1. The third-order valence-corrected chi connectivity index (χ3v) is 4.21. The van der Waals surface area contributed by atoms with Gasteiger partial charge in [0, 0.05) is 29.8 Å². The van der Waals surface area contributed by atoms with Crippen molar-refractivity contribution >= 4 is 21.6 Å². The number of likely N-dealkylation sites (N-methyl/N-ethyl adjacent to an activating group) is 1. The van der Waals surface area contributed by atoms with Crippen LogP contribution in [0.4, 0.5) is 5.69 Å². The zero-order valence-corrected chi connectivity index (χ0v) is 12.7. The molecule has 1 aromatic carbocycles. The molecule has 0 spiro atoms. The number of anilines is 1. The highest BCUT2D eigenvalue weighted by Gasteiger charge is 2.14. The molecule has 0 aliphatic carbocycles. The second-order valence-corrected chi connectivity index (χ2v) is 5.88. The Morgan fingerprint density at radius 1 is 1.22 bits per heavy atom. The van der Waals surface area contributed by atoms with Gasteiger partial charge in [-0.15, -0.1) is 0 Å². The molecule has 4 heteroatoms. The van der Waals surface area contributed by atoms with E-state index in [4.69, 9.17) is 0 Å². The summed E-state index contributed by atoms with van der Waals surface area (Å²) in [7, 11) is 2.18. The van der Waals surface area contributed by atoms with E-state index in [-0.39, 0.29) is 0 Å². The topological polar surface area (TPSA) is 26.7 Å². The predicted octanol–water partition coefficient (Wildman–Crippen LogP) is 2.64. The summed E-state index contributed by atoms with van der Waals surface area (Å²) in [5.41, 5.74) is 2.19. The lowest BCUT2D eigenvalue weighted by atomic mass is 10.1. The molecule has 1 N–H and O–H groups in total. The molecule has 1 atom stereocenters. The van der Waals surface area contributed by atoms with E-state index in [9.17, 15) is 5.11 Å². The molecule has 2 rings (SSSR count). The second-order valence-electron chi connectivity index (χ2n) is 5.03. The van der Waals surface area contributed by atoms with Gasteiger partial charge in [-0.3, -0.25) is 0 Å². The van der Waals surface area contributed by atoms with Crippen molar-refractivity contribution in [3.63, 3.8) is 0 Å². The number of rotatable bonds is 2. The number of nitrogens with zero attached hydrogens (tertiary/aromatic N) is 2. The van der Waals surface area contributed by atoms with Gasteiger partial charge in [-0.25, -0.2) is 0 Å². The summed E-state index contributed by atoms with van der Waals surface area (Å²) in [6.07, 6.45) is 0.774. The van der Waals surface area contributed by atoms with Gasteiger partial charge in [0.2, 0.25) is 0 Å². The predicted molar refractivity (Wildman–Crippen MR) is 79.1 cm³/mol. The van der Waals surface area contributed by atoms with Gasteiger partial charge >= 0.3 is 0 Å². The minimum absolute atomic E-state index is 0.427. The lowest BCUT2D eigenvalue weighted by Gasteiger charge is -2.24. The molecule has 3 nitrogen and oxygen atoms in total. The third kappa shape index (κ3) is 3.25. The van der Waals surface area contributed by atoms with Gasteiger partial charge < -0.3 is 14.9 Å². The first kappa shape index (κ1) is 13.8. The van der Waals surface area contributed by atoms with E-state index in [2.05, 4.69) is 44.9 Å². The van der Waals surface area contributed by atoms with Crippen LogP contribution in [0.15, 0.2) is 22.7 Å². The Balaban J connectivity index is 2.15. The second kappa shape index (κ2) is 6.04. The van der Waals surface area contributed by atoms with Crippen LogP contribution in [0.5, 0.6) is 0 Å². The van der Waals surface area contributed by atoms with Crippen LogP contribution in [-0.2, 0) is 0 Å². The summed E-state index contributed by atoms with van der Waals surface area (Å²) in [4.78, 5) is 4.79. The SMILES string of the molecule is C[C@H](O)c1ccc(N2CCCN(C)CC2)cc1Br.